The lowest BCUT2D eigenvalue weighted by atomic mass is 10.2. The third kappa shape index (κ3) is 3.66. The average molecular weight is 389 g/mol. The largest absolute Gasteiger partial charge is 0.395 e. The molecular weight excluding hydrogens is 368 g/mol. The van der Waals surface area contributed by atoms with Gasteiger partial charge in [0, 0.05) is 31.0 Å². The van der Waals surface area contributed by atoms with E-state index in [1.165, 1.54) is 5.56 Å². The van der Waals surface area contributed by atoms with E-state index in [1.54, 1.807) is 0 Å². The van der Waals surface area contributed by atoms with Gasteiger partial charge in [0.25, 0.3) is 0 Å². The molecule has 2 aromatic heterocycles. The first-order valence-electron chi connectivity index (χ1n) is 7.96. The predicted octanol–water partition coefficient (Wildman–Crippen LogP) is 3.10. The highest BCUT2D eigenvalue weighted by molar-refractivity contribution is 9.10. The van der Waals surface area contributed by atoms with Crippen molar-refractivity contribution in [1.82, 2.24) is 19.3 Å². The second kappa shape index (κ2) is 7.42. The minimum atomic E-state index is 0.119. The monoisotopic (exact) mass is 388 g/mol. The molecule has 1 N–H and O–H groups in total. The molecule has 3 aromatic rings. The summed E-state index contributed by atoms with van der Waals surface area (Å²) in [6, 6.07) is 12.3. The lowest BCUT2D eigenvalue weighted by molar-refractivity contribution is 0.183. The standard InChI is InChI=1S/C18H21BrN4O/c1-13-10-14(2)23-17(19)16(21-18(23)20-13)12-22(8-9-24)11-15-6-4-3-5-7-15/h3-7,10,24H,8-9,11-12H2,1-2H3. The molecule has 6 heteroatoms. The molecule has 0 aliphatic rings. The summed E-state index contributed by atoms with van der Waals surface area (Å²) in [5, 5.41) is 9.39. The minimum Gasteiger partial charge on any atom is -0.395 e. The molecule has 5 nitrogen and oxygen atoms in total. The Kier molecular flexibility index (Phi) is 5.28. The molecule has 0 atom stereocenters. The molecule has 0 aliphatic carbocycles. The van der Waals surface area contributed by atoms with Crippen LogP contribution in [0.3, 0.4) is 0 Å². The van der Waals surface area contributed by atoms with E-state index in [1.807, 2.05) is 42.5 Å². The third-order valence-electron chi connectivity index (χ3n) is 3.95. The van der Waals surface area contributed by atoms with Crippen LogP contribution in [0.5, 0.6) is 0 Å². The van der Waals surface area contributed by atoms with Crippen LogP contribution >= 0.6 is 15.9 Å². The molecule has 0 radical (unpaired) electrons. The van der Waals surface area contributed by atoms with E-state index < -0.39 is 0 Å². The number of imidazole rings is 1. The van der Waals surface area contributed by atoms with Gasteiger partial charge in [-0.05, 0) is 41.4 Å². The zero-order chi connectivity index (χ0) is 17.1. The van der Waals surface area contributed by atoms with Crippen molar-refractivity contribution in [3.05, 3.63) is 63.6 Å². The summed E-state index contributed by atoms with van der Waals surface area (Å²) in [4.78, 5) is 11.4. The van der Waals surface area contributed by atoms with Crippen LogP contribution in [0.25, 0.3) is 5.78 Å². The molecule has 0 amide bonds. The third-order valence-corrected chi connectivity index (χ3v) is 4.77. The Labute approximate surface area is 150 Å². The highest BCUT2D eigenvalue weighted by Crippen LogP contribution is 2.22. The summed E-state index contributed by atoms with van der Waals surface area (Å²) >= 11 is 3.66. The molecular formula is C18H21BrN4O. The molecule has 24 heavy (non-hydrogen) atoms. The highest BCUT2D eigenvalue weighted by atomic mass is 79.9. The van der Waals surface area contributed by atoms with Crippen molar-refractivity contribution in [2.75, 3.05) is 13.2 Å². The van der Waals surface area contributed by atoms with Gasteiger partial charge in [-0.1, -0.05) is 30.3 Å². The Morgan fingerprint density at radius 1 is 1.12 bits per heavy atom. The molecule has 0 aliphatic heterocycles. The topological polar surface area (TPSA) is 53.7 Å². The highest BCUT2D eigenvalue weighted by Gasteiger charge is 2.16. The second-order valence-electron chi connectivity index (χ2n) is 5.94. The van der Waals surface area contributed by atoms with Gasteiger partial charge >= 0.3 is 0 Å². The van der Waals surface area contributed by atoms with Crippen molar-refractivity contribution in [2.45, 2.75) is 26.9 Å². The van der Waals surface area contributed by atoms with E-state index in [4.69, 9.17) is 0 Å². The normalized spacial score (nSPS) is 11.5. The Morgan fingerprint density at radius 2 is 1.88 bits per heavy atom. The predicted molar refractivity (Wildman–Crippen MR) is 97.8 cm³/mol. The van der Waals surface area contributed by atoms with Gasteiger partial charge < -0.3 is 5.11 Å². The van der Waals surface area contributed by atoms with Crippen LogP contribution in [0, 0.1) is 13.8 Å². The average Bonchev–Trinajstić information content (AvgIpc) is 2.84. The first-order valence-corrected chi connectivity index (χ1v) is 8.76. The Hall–Kier alpha value is -1.76. The number of rotatable bonds is 6. The lowest BCUT2D eigenvalue weighted by Gasteiger charge is -2.20. The number of aliphatic hydroxyl groups is 1. The van der Waals surface area contributed by atoms with Gasteiger partial charge in [-0.25, -0.2) is 9.97 Å². The van der Waals surface area contributed by atoms with Crippen LogP contribution in [0.1, 0.15) is 22.6 Å². The maximum Gasteiger partial charge on any atom is 0.235 e. The SMILES string of the molecule is Cc1cc(C)n2c(Br)c(CN(CCO)Cc3ccccc3)nc2n1. The van der Waals surface area contributed by atoms with Crippen LogP contribution in [0.15, 0.2) is 41.0 Å². The summed E-state index contributed by atoms with van der Waals surface area (Å²) < 4.78 is 2.95. The van der Waals surface area contributed by atoms with E-state index in [9.17, 15) is 5.11 Å². The van der Waals surface area contributed by atoms with Crippen molar-refractivity contribution in [3.63, 3.8) is 0 Å². The van der Waals surface area contributed by atoms with Gasteiger partial charge in [0.15, 0.2) is 0 Å². The molecule has 0 fully saturated rings. The quantitative estimate of drug-likeness (QED) is 0.704. The van der Waals surface area contributed by atoms with Crippen molar-refractivity contribution >= 4 is 21.7 Å². The van der Waals surface area contributed by atoms with E-state index in [2.05, 4.69) is 42.9 Å². The van der Waals surface area contributed by atoms with Crippen molar-refractivity contribution < 1.29 is 5.11 Å². The number of aryl methyl sites for hydroxylation is 2. The molecule has 0 bridgehead atoms. The minimum absolute atomic E-state index is 0.119. The lowest BCUT2D eigenvalue weighted by Crippen LogP contribution is -2.26. The second-order valence-corrected chi connectivity index (χ2v) is 6.69. The fourth-order valence-electron chi connectivity index (χ4n) is 2.89. The van der Waals surface area contributed by atoms with Crippen molar-refractivity contribution in [2.24, 2.45) is 0 Å². The van der Waals surface area contributed by atoms with Crippen LogP contribution in [-0.4, -0.2) is 37.5 Å². The van der Waals surface area contributed by atoms with E-state index in [-0.39, 0.29) is 6.61 Å². The summed E-state index contributed by atoms with van der Waals surface area (Å²) in [7, 11) is 0. The van der Waals surface area contributed by atoms with Crippen molar-refractivity contribution in [1.29, 1.82) is 0 Å². The van der Waals surface area contributed by atoms with Crippen LogP contribution in [0.4, 0.5) is 0 Å². The van der Waals surface area contributed by atoms with E-state index in [0.29, 0.717) is 18.9 Å². The van der Waals surface area contributed by atoms with Crippen LogP contribution < -0.4 is 0 Å². The fourth-order valence-corrected chi connectivity index (χ4v) is 3.54. The van der Waals surface area contributed by atoms with Gasteiger partial charge in [-0.15, -0.1) is 0 Å². The molecule has 126 valence electrons. The van der Waals surface area contributed by atoms with Crippen LogP contribution in [-0.2, 0) is 13.1 Å². The number of fused-ring (bicyclic) bond motifs is 1. The first-order chi connectivity index (χ1) is 11.6. The summed E-state index contributed by atoms with van der Waals surface area (Å²) in [5.74, 6) is 0.707. The van der Waals surface area contributed by atoms with Gasteiger partial charge in [-0.2, -0.15) is 0 Å². The van der Waals surface area contributed by atoms with E-state index in [0.717, 1.165) is 28.2 Å². The molecule has 0 spiro atoms. The van der Waals surface area contributed by atoms with Crippen molar-refractivity contribution in [3.8, 4) is 0 Å². The Morgan fingerprint density at radius 3 is 2.58 bits per heavy atom. The first kappa shape index (κ1) is 17.1. The Balaban J connectivity index is 1.88. The molecule has 0 unspecified atom stereocenters. The number of aromatic nitrogens is 3. The molecule has 0 saturated heterocycles. The van der Waals surface area contributed by atoms with Gasteiger partial charge in [-0.3, -0.25) is 9.30 Å². The van der Waals surface area contributed by atoms with Gasteiger partial charge in [0.05, 0.1) is 12.3 Å². The molecule has 1 aromatic carbocycles. The molecule has 2 heterocycles. The van der Waals surface area contributed by atoms with Crippen LogP contribution in [0.2, 0.25) is 0 Å². The summed E-state index contributed by atoms with van der Waals surface area (Å²) in [6.45, 7) is 6.16. The van der Waals surface area contributed by atoms with Gasteiger partial charge in [0.1, 0.15) is 4.60 Å². The summed E-state index contributed by atoms with van der Waals surface area (Å²) in [5.41, 5.74) is 4.21. The number of benzene rings is 1. The zero-order valence-corrected chi connectivity index (χ0v) is 15.5. The smallest absolute Gasteiger partial charge is 0.235 e. The van der Waals surface area contributed by atoms with E-state index >= 15 is 0 Å². The number of nitrogens with zero attached hydrogens (tertiary/aromatic N) is 4. The number of aliphatic hydroxyl groups excluding tert-OH is 1. The maximum atomic E-state index is 9.39. The fraction of sp³-hybridized carbons (Fsp3) is 0.333. The molecule has 0 saturated carbocycles. The molecule has 3 rings (SSSR count). The van der Waals surface area contributed by atoms with Gasteiger partial charge in [0.2, 0.25) is 5.78 Å². The summed E-state index contributed by atoms with van der Waals surface area (Å²) in [6.07, 6.45) is 0. The number of hydrogen-bond acceptors (Lipinski definition) is 4. The number of halogens is 1. The Bertz CT molecular complexity index is 832. The number of hydrogen-bond donors (Lipinski definition) is 1. The maximum absolute atomic E-state index is 9.39. The zero-order valence-electron chi connectivity index (χ0n) is 13.9.